The normalized spacial score (nSPS) is 17.6. The van der Waals surface area contributed by atoms with E-state index in [0.29, 0.717) is 5.25 Å². The second-order valence-corrected chi connectivity index (χ2v) is 5.28. The predicted octanol–water partition coefficient (Wildman–Crippen LogP) is 3.75. The minimum absolute atomic E-state index is 0.473. The molecule has 0 amide bonds. The number of pyridine rings is 1. The molecule has 1 N–H and O–H groups in total. The second-order valence-electron chi connectivity index (χ2n) is 4.27. The van der Waals surface area contributed by atoms with E-state index < -0.39 is 0 Å². The van der Waals surface area contributed by atoms with Gasteiger partial charge in [-0.1, -0.05) is 24.3 Å². The highest BCUT2D eigenvalue weighted by Gasteiger charge is 2.23. The van der Waals surface area contributed by atoms with Crippen LogP contribution < -0.4 is 4.72 Å². The molecule has 86 valence electrons. The van der Waals surface area contributed by atoms with Gasteiger partial charge in [-0.15, -0.1) is 0 Å². The lowest BCUT2D eigenvalue weighted by molar-refractivity contribution is 0.893. The first-order chi connectivity index (χ1) is 8.33. The van der Waals surface area contributed by atoms with Crippen LogP contribution in [0.2, 0.25) is 0 Å². The molecule has 0 bridgehead atoms. The third-order valence-electron chi connectivity index (χ3n) is 2.96. The molecule has 3 rings (SSSR count). The van der Waals surface area contributed by atoms with Gasteiger partial charge in [-0.25, -0.2) is 0 Å². The first-order valence-corrected chi connectivity index (χ1v) is 6.64. The summed E-state index contributed by atoms with van der Waals surface area (Å²) in [7, 11) is 0. The standard InChI is InChI=1S/C14H14N2S/c1-10-5-4-6-11(15-10)9-14-12-7-2-3-8-13(12)16-17-14/h2-8,14,16H,9H2,1H3. The number of nitrogens with one attached hydrogen (secondary N) is 1. The molecule has 0 aliphatic carbocycles. The van der Waals surface area contributed by atoms with E-state index in [4.69, 9.17) is 0 Å². The van der Waals surface area contributed by atoms with Gasteiger partial charge in [0.25, 0.3) is 0 Å². The Balaban J connectivity index is 1.84. The zero-order valence-electron chi connectivity index (χ0n) is 9.68. The lowest BCUT2D eigenvalue weighted by atomic mass is 10.1. The third-order valence-corrected chi connectivity index (χ3v) is 4.00. The largest absolute Gasteiger partial charge is 0.329 e. The molecule has 1 aromatic heterocycles. The monoisotopic (exact) mass is 242 g/mol. The Bertz CT molecular complexity index is 539. The molecule has 1 aliphatic heterocycles. The number of hydrogen-bond donors (Lipinski definition) is 1. The Morgan fingerprint density at radius 1 is 1.18 bits per heavy atom. The summed E-state index contributed by atoms with van der Waals surface area (Å²) in [5, 5.41) is 0.473. The van der Waals surface area contributed by atoms with Crippen LogP contribution in [0.4, 0.5) is 5.69 Å². The van der Waals surface area contributed by atoms with Gasteiger partial charge < -0.3 is 4.72 Å². The van der Waals surface area contributed by atoms with Gasteiger partial charge in [0.15, 0.2) is 0 Å². The second kappa shape index (κ2) is 4.41. The van der Waals surface area contributed by atoms with Crippen LogP contribution in [0.3, 0.4) is 0 Å². The van der Waals surface area contributed by atoms with Crippen LogP contribution in [0.15, 0.2) is 42.5 Å². The Morgan fingerprint density at radius 2 is 2.06 bits per heavy atom. The van der Waals surface area contributed by atoms with E-state index in [0.717, 1.165) is 12.1 Å². The van der Waals surface area contributed by atoms with Crippen molar-refractivity contribution < 1.29 is 0 Å². The SMILES string of the molecule is Cc1cccc(CC2SNc3ccccc32)n1. The van der Waals surface area contributed by atoms with Crippen molar-refractivity contribution in [3.05, 3.63) is 59.4 Å². The fourth-order valence-corrected chi connectivity index (χ4v) is 3.17. The van der Waals surface area contributed by atoms with E-state index in [1.54, 1.807) is 11.9 Å². The van der Waals surface area contributed by atoms with Gasteiger partial charge >= 0.3 is 0 Å². The zero-order chi connectivity index (χ0) is 11.7. The van der Waals surface area contributed by atoms with Crippen LogP contribution in [0.25, 0.3) is 0 Å². The lowest BCUT2D eigenvalue weighted by Gasteiger charge is -2.08. The van der Waals surface area contributed by atoms with Crippen LogP contribution >= 0.6 is 11.9 Å². The van der Waals surface area contributed by atoms with Crippen molar-refractivity contribution in [2.75, 3.05) is 4.72 Å². The minimum Gasteiger partial charge on any atom is -0.329 e. The molecular formula is C14H14N2S. The molecule has 17 heavy (non-hydrogen) atoms. The Kier molecular flexibility index (Phi) is 2.77. The molecular weight excluding hydrogens is 228 g/mol. The van der Waals surface area contributed by atoms with E-state index >= 15 is 0 Å². The first-order valence-electron chi connectivity index (χ1n) is 5.76. The highest BCUT2D eigenvalue weighted by molar-refractivity contribution is 8.01. The summed E-state index contributed by atoms with van der Waals surface area (Å²) in [5.41, 5.74) is 4.89. The molecule has 2 aromatic rings. The van der Waals surface area contributed by atoms with Gasteiger partial charge in [-0.05, 0) is 42.6 Å². The molecule has 0 fully saturated rings. The number of anilines is 1. The van der Waals surface area contributed by atoms with E-state index in [9.17, 15) is 0 Å². The number of para-hydroxylation sites is 1. The van der Waals surface area contributed by atoms with Crippen molar-refractivity contribution in [1.82, 2.24) is 4.98 Å². The van der Waals surface area contributed by atoms with Crippen LogP contribution in [-0.4, -0.2) is 4.98 Å². The molecule has 1 atom stereocenters. The minimum atomic E-state index is 0.473. The van der Waals surface area contributed by atoms with Gasteiger partial charge in [-0.2, -0.15) is 0 Å². The van der Waals surface area contributed by atoms with Crippen molar-refractivity contribution in [3.8, 4) is 0 Å². The number of nitrogens with zero attached hydrogens (tertiary/aromatic N) is 1. The van der Waals surface area contributed by atoms with Gasteiger partial charge in [0, 0.05) is 23.5 Å². The summed E-state index contributed by atoms with van der Waals surface area (Å²) in [6.45, 7) is 2.04. The summed E-state index contributed by atoms with van der Waals surface area (Å²) in [5.74, 6) is 0. The van der Waals surface area contributed by atoms with E-state index in [1.807, 2.05) is 13.0 Å². The maximum atomic E-state index is 4.57. The summed E-state index contributed by atoms with van der Waals surface area (Å²) in [4.78, 5) is 4.57. The van der Waals surface area contributed by atoms with Crippen molar-refractivity contribution in [1.29, 1.82) is 0 Å². The lowest BCUT2D eigenvalue weighted by Crippen LogP contribution is -1.98. The fraction of sp³-hybridized carbons (Fsp3) is 0.214. The van der Waals surface area contributed by atoms with Crippen molar-refractivity contribution in [3.63, 3.8) is 0 Å². The smallest absolute Gasteiger partial charge is 0.0571 e. The molecule has 1 aliphatic rings. The van der Waals surface area contributed by atoms with E-state index in [1.165, 1.54) is 16.9 Å². The van der Waals surface area contributed by atoms with Gasteiger partial charge in [0.2, 0.25) is 0 Å². The molecule has 0 saturated heterocycles. The molecule has 1 unspecified atom stereocenters. The third kappa shape index (κ3) is 2.15. The number of aryl methyl sites for hydroxylation is 1. The van der Waals surface area contributed by atoms with Crippen LogP contribution in [0.1, 0.15) is 22.2 Å². The maximum absolute atomic E-state index is 4.57. The van der Waals surface area contributed by atoms with Crippen molar-refractivity contribution in [2.45, 2.75) is 18.6 Å². The van der Waals surface area contributed by atoms with Gasteiger partial charge in [-0.3, -0.25) is 4.98 Å². The topological polar surface area (TPSA) is 24.9 Å². The van der Waals surface area contributed by atoms with E-state index in [-0.39, 0.29) is 0 Å². The van der Waals surface area contributed by atoms with Crippen molar-refractivity contribution >= 4 is 17.6 Å². The highest BCUT2D eigenvalue weighted by Crippen LogP contribution is 2.43. The average Bonchev–Trinajstić information content (AvgIpc) is 2.73. The molecule has 1 aromatic carbocycles. The molecule has 0 spiro atoms. The number of benzene rings is 1. The Hall–Kier alpha value is -1.48. The van der Waals surface area contributed by atoms with Crippen LogP contribution in [0.5, 0.6) is 0 Å². The summed E-state index contributed by atoms with van der Waals surface area (Å²) in [6, 6.07) is 14.7. The van der Waals surface area contributed by atoms with Gasteiger partial charge in [0.05, 0.1) is 5.25 Å². The maximum Gasteiger partial charge on any atom is 0.0571 e. The number of aromatic nitrogens is 1. The zero-order valence-corrected chi connectivity index (χ0v) is 10.5. The molecule has 0 radical (unpaired) electrons. The summed E-state index contributed by atoms with van der Waals surface area (Å²) >= 11 is 1.78. The van der Waals surface area contributed by atoms with Crippen LogP contribution in [0, 0.1) is 6.92 Å². The number of hydrogen-bond acceptors (Lipinski definition) is 3. The number of fused-ring (bicyclic) bond motifs is 1. The number of rotatable bonds is 2. The predicted molar refractivity (Wildman–Crippen MR) is 73.1 cm³/mol. The fourth-order valence-electron chi connectivity index (χ4n) is 2.12. The van der Waals surface area contributed by atoms with E-state index in [2.05, 4.69) is 46.1 Å². The molecule has 2 heterocycles. The molecule has 3 heteroatoms. The highest BCUT2D eigenvalue weighted by atomic mass is 32.2. The Labute approximate surface area is 106 Å². The molecule has 0 saturated carbocycles. The van der Waals surface area contributed by atoms with Crippen LogP contribution in [-0.2, 0) is 6.42 Å². The van der Waals surface area contributed by atoms with Gasteiger partial charge in [0.1, 0.15) is 0 Å². The Morgan fingerprint density at radius 3 is 2.94 bits per heavy atom. The van der Waals surface area contributed by atoms with Crippen molar-refractivity contribution in [2.24, 2.45) is 0 Å². The first kappa shape index (κ1) is 10.7. The average molecular weight is 242 g/mol. The summed E-state index contributed by atoms with van der Waals surface area (Å²) < 4.78 is 3.37. The molecule has 2 nitrogen and oxygen atoms in total. The summed E-state index contributed by atoms with van der Waals surface area (Å²) in [6.07, 6.45) is 0.982. The quantitative estimate of drug-likeness (QED) is 0.812.